The highest BCUT2D eigenvalue weighted by atomic mass is 32.2. The first-order valence-corrected chi connectivity index (χ1v) is 10.7. The molecule has 1 aliphatic heterocycles. The zero-order chi connectivity index (χ0) is 20.1. The van der Waals surface area contributed by atoms with Crippen molar-refractivity contribution in [1.29, 1.82) is 0 Å². The number of benzene rings is 2. The second-order valence-electron chi connectivity index (χ2n) is 6.60. The van der Waals surface area contributed by atoms with Crippen LogP contribution in [0, 0.1) is 5.82 Å². The van der Waals surface area contributed by atoms with Crippen LogP contribution in [0.4, 0.5) is 4.39 Å². The minimum atomic E-state index is -3.65. The molecule has 0 unspecified atom stereocenters. The normalized spacial score (nSPS) is 15.4. The summed E-state index contributed by atoms with van der Waals surface area (Å²) in [6.45, 7) is 3.19. The summed E-state index contributed by atoms with van der Waals surface area (Å²) in [6.07, 6.45) is 0.995. The maximum atomic E-state index is 13.3. The van der Waals surface area contributed by atoms with Gasteiger partial charge in [-0.2, -0.15) is 0 Å². The summed E-state index contributed by atoms with van der Waals surface area (Å²) < 4.78 is 46.5. The van der Waals surface area contributed by atoms with Crippen LogP contribution in [0.5, 0.6) is 5.75 Å². The molecule has 3 rings (SSSR count). The average Bonchev–Trinajstić information content (AvgIpc) is 2.68. The molecule has 0 aromatic heterocycles. The standard InChI is InChI=1S/C20H23FN2O4S/c1-2-27-18-6-8-19(9-7-18)28(25,26)22-17-10-12-23(13-11-17)20(24)15-4-3-5-16(21)14-15/h3-9,14,17,22H,2,10-13H2,1H3. The van der Waals surface area contributed by atoms with E-state index in [-0.39, 0.29) is 16.8 Å². The maximum Gasteiger partial charge on any atom is 0.253 e. The number of halogens is 1. The van der Waals surface area contributed by atoms with Crippen molar-refractivity contribution in [3.8, 4) is 5.75 Å². The van der Waals surface area contributed by atoms with E-state index in [9.17, 15) is 17.6 Å². The van der Waals surface area contributed by atoms with Gasteiger partial charge in [-0.1, -0.05) is 6.07 Å². The molecule has 1 heterocycles. The summed E-state index contributed by atoms with van der Waals surface area (Å²) in [7, 11) is -3.65. The fraction of sp³-hybridized carbons (Fsp3) is 0.350. The molecule has 0 aliphatic carbocycles. The molecule has 6 nitrogen and oxygen atoms in total. The number of sulfonamides is 1. The number of hydrogen-bond acceptors (Lipinski definition) is 4. The molecule has 2 aromatic rings. The lowest BCUT2D eigenvalue weighted by Crippen LogP contribution is -2.46. The quantitative estimate of drug-likeness (QED) is 0.800. The van der Waals surface area contributed by atoms with Crippen molar-refractivity contribution in [2.45, 2.75) is 30.7 Å². The number of amides is 1. The Morgan fingerprint density at radius 2 is 1.86 bits per heavy atom. The van der Waals surface area contributed by atoms with E-state index in [4.69, 9.17) is 4.74 Å². The van der Waals surface area contributed by atoms with Crippen molar-refractivity contribution in [3.05, 3.63) is 59.9 Å². The number of carbonyl (C=O) groups is 1. The first-order chi connectivity index (χ1) is 13.4. The molecule has 8 heteroatoms. The summed E-state index contributed by atoms with van der Waals surface area (Å²) >= 11 is 0. The van der Waals surface area contributed by atoms with Crippen LogP contribution < -0.4 is 9.46 Å². The Hall–Kier alpha value is -2.45. The van der Waals surface area contributed by atoms with Crippen molar-refractivity contribution >= 4 is 15.9 Å². The molecular weight excluding hydrogens is 383 g/mol. The van der Waals surface area contributed by atoms with E-state index in [1.165, 1.54) is 30.3 Å². The molecule has 150 valence electrons. The van der Waals surface area contributed by atoms with Crippen LogP contribution in [0.2, 0.25) is 0 Å². The van der Waals surface area contributed by atoms with Crippen LogP contribution in [0.1, 0.15) is 30.1 Å². The maximum absolute atomic E-state index is 13.3. The van der Waals surface area contributed by atoms with Gasteiger partial charge in [0.2, 0.25) is 10.0 Å². The summed E-state index contributed by atoms with van der Waals surface area (Å²) in [5.41, 5.74) is 0.299. The molecule has 2 aromatic carbocycles. The number of ether oxygens (including phenoxy) is 1. The molecule has 1 N–H and O–H groups in total. The minimum absolute atomic E-state index is 0.175. The van der Waals surface area contributed by atoms with E-state index in [1.54, 1.807) is 23.1 Å². The van der Waals surface area contributed by atoms with Gasteiger partial charge in [0.15, 0.2) is 0 Å². The lowest BCUT2D eigenvalue weighted by Gasteiger charge is -2.32. The van der Waals surface area contributed by atoms with E-state index < -0.39 is 15.8 Å². The lowest BCUT2D eigenvalue weighted by atomic mass is 10.0. The molecule has 0 spiro atoms. The Labute approximate surface area is 164 Å². The smallest absolute Gasteiger partial charge is 0.253 e. The van der Waals surface area contributed by atoms with Crippen LogP contribution in [-0.4, -0.2) is 45.0 Å². The van der Waals surface area contributed by atoms with E-state index in [1.807, 2.05) is 6.92 Å². The van der Waals surface area contributed by atoms with Crippen molar-refractivity contribution in [1.82, 2.24) is 9.62 Å². The Kier molecular flexibility index (Phi) is 6.31. The Morgan fingerprint density at radius 3 is 2.46 bits per heavy atom. The molecule has 28 heavy (non-hydrogen) atoms. The predicted molar refractivity (Wildman–Crippen MR) is 103 cm³/mol. The van der Waals surface area contributed by atoms with Gasteiger partial charge in [0.1, 0.15) is 11.6 Å². The van der Waals surface area contributed by atoms with E-state index in [0.29, 0.717) is 43.9 Å². The molecule has 0 bridgehead atoms. The highest BCUT2D eigenvalue weighted by Crippen LogP contribution is 2.19. The highest BCUT2D eigenvalue weighted by molar-refractivity contribution is 7.89. The van der Waals surface area contributed by atoms with Crippen LogP contribution in [0.3, 0.4) is 0 Å². The molecular formula is C20H23FN2O4S. The number of piperidine rings is 1. The molecule has 0 saturated carbocycles. The third-order valence-corrected chi connectivity index (χ3v) is 6.16. The number of rotatable bonds is 6. The van der Waals surface area contributed by atoms with Gasteiger partial charge >= 0.3 is 0 Å². The zero-order valence-corrected chi connectivity index (χ0v) is 16.4. The van der Waals surface area contributed by atoms with Gasteiger partial charge in [-0.15, -0.1) is 0 Å². The summed E-state index contributed by atoms with van der Waals surface area (Å²) in [4.78, 5) is 14.3. The third-order valence-electron chi connectivity index (χ3n) is 4.62. The van der Waals surface area contributed by atoms with Crippen molar-refractivity contribution in [3.63, 3.8) is 0 Å². The monoisotopic (exact) mass is 406 g/mol. The molecule has 0 atom stereocenters. The van der Waals surface area contributed by atoms with Gasteiger partial charge in [-0.05, 0) is 62.2 Å². The predicted octanol–water partition coefficient (Wildman–Crippen LogP) is 2.81. The Morgan fingerprint density at radius 1 is 1.18 bits per heavy atom. The number of likely N-dealkylation sites (tertiary alicyclic amines) is 1. The molecule has 1 fully saturated rings. The fourth-order valence-electron chi connectivity index (χ4n) is 3.17. The summed E-state index contributed by atoms with van der Waals surface area (Å²) in [6, 6.07) is 11.6. The Balaban J connectivity index is 1.58. The number of nitrogens with one attached hydrogen (secondary N) is 1. The highest BCUT2D eigenvalue weighted by Gasteiger charge is 2.27. The summed E-state index contributed by atoms with van der Waals surface area (Å²) in [5, 5.41) is 0. The SMILES string of the molecule is CCOc1ccc(S(=O)(=O)NC2CCN(C(=O)c3cccc(F)c3)CC2)cc1. The molecule has 0 radical (unpaired) electrons. The second kappa shape index (κ2) is 8.70. The van der Waals surface area contributed by atoms with Crippen LogP contribution in [0.15, 0.2) is 53.4 Å². The van der Waals surface area contributed by atoms with Gasteiger partial charge < -0.3 is 9.64 Å². The van der Waals surface area contributed by atoms with Gasteiger partial charge in [-0.25, -0.2) is 17.5 Å². The molecule has 1 saturated heterocycles. The van der Waals surface area contributed by atoms with E-state index in [0.717, 1.165) is 0 Å². The van der Waals surface area contributed by atoms with Crippen molar-refractivity contribution in [2.75, 3.05) is 19.7 Å². The number of carbonyl (C=O) groups excluding carboxylic acids is 1. The van der Waals surface area contributed by atoms with E-state index >= 15 is 0 Å². The number of nitrogens with zero attached hydrogens (tertiary/aromatic N) is 1. The topological polar surface area (TPSA) is 75.7 Å². The first kappa shape index (κ1) is 20.3. The largest absolute Gasteiger partial charge is 0.494 e. The van der Waals surface area contributed by atoms with Gasteiger partial charge in [0.25, 0.3) is 5.91 Å². The van der Waals surface area contributed by atoms with Crippen LogP contribution >= 0.6 is 0 Å². The molecule has 1 amide bonds. The van der Waals surface area contributed by atoms with Crippen molar-refractivity contribution in [2.24, 2.45) is 0 Å². The van der Waals surface area contributed by atoms with Gasteiger partial charge in [-0.3, -0.25) is 4.79 Å². The second-order valence-corrected chi connectivity index (χ2v) is 8.32. The van der Waals surface area contributed by atoms with Crippen molar-refractivity contribution < 1.29 is 22.3 Å². The lowest BCUT2D eigenvalue weighted by molar-refractivity contribution is 0.0711. The number of hydrogen-bond donors (Lipinski definition) is 1. The van der Waals surface area contributed by atoms with E-state index in [2.05, 4.69) is 4.72 Å². The first-order valence-electron chi connectivity index (χ1n) is 9.19. The van der Waals surface area contributed by atoms with Gasteiger partial charge in [0, 0.05) is 24.7 Å². The third kappa shape index (κ3) is 4.88. The Bertz CT molecular complexity index is 923. The average molecular weight is 406 g/mol. The van der Waals surface area contributed by atoms with Gasteiger partial charge in [0.05, 0.1) is 11.5 Å². The fourth-order valence-corrected chi connectivity index (χ4v) is 4.48. The van der Waals surface area contributed by atoms with Crippen LogP contribution in [0.25, 0.3) is 0 Å². The minimum Gasteiger partial charge on any atom is -0.494 e. The van der Waals surface area contributed by atoms with Crippen LogP contribution in [-0.2, 0) is 10.0 Å². The molecule has 1 aliphatic rings. The summed E-state index contributed by atoms with van der Waals surface area (Å²) in [5.74, 6) is -0.0817. The zero-order valence-electron chi connectivity index (χ0n) is 15.6.